The zero-order valence-electron chi connectivity index (χ0n) is 11.5. The summed E-state index contributed by atoms with van der Waals surface area (Å²) in [5.74, 6) is -0.372. The first kappa shape index (κ1) is 14.2. The number of hydrogen-bond acceptors (Lipinski definition) is 3. The van der Waals surface area contributed by atoms with Gasteiger partial charge in [-0.25, -0.2) is 0 Å². The average Bonchev–Trinajstić information content (AvgIpc) is 2.50. The third-order valence-corrected chi connectivity index (χ3v) is 3.32. The second-order valence-corrected chi connectivity index (χ2v) is 4.71. The van der Waals surface area contributed by atoms with Crippen molar-refractivity contribution >= 4 is 5.91 Å². The summed E-state index contributed by atoms with van der Waals surface area (Å²) >= 11 is 0. The molecule has 1 amide bonds. The van der Waals surface area contributed by atoms with Gasteiger partial charge in [0.2, 0.25) is 5.91 Å². The Kier molecular flexibility index (Phi) is 4.85. The Morgan fingerprint density at radius 1 is 1.15 bits per heavy atom. The van der Waals surface area contributed by atoms with E-state index in [0.29, 0.717) is 6.54 Å². The minimum atomic E-state index is -0.319. The summed E-state index contributed by atoms with van der Waals surface area (Å²) in [5, 5.41) is 3.00. The number of nitrogens with two attached hydrogens (primary N) is 1. The number of rotatable bonds is 5. The number of nitrogens with zero attached hydrogens (tertiary/aromatic N) is 1. The van der Waals surface area contributed by atoms with Gasteiger partial charge in [-0.3, -0.25) is 9.78 Å². The lowest BCUT2D eigenvalue weighted by molar-refractivity contribution is -0.123. The normalized spacial score (nSPS) is 13.5. The second-order valence-electron chi connectivity index (χ2n) is 4.71. The van der Waals surface area contributed by atoms with Crippen LogP contribution in [0.15, 0.2) is 54.9 Å². The molecule has 0 bridgehead atoms. The SMILES string of the molecule is C[C@H](NC(=O)C(CN)c1ccccc1)c1ccncc1. The molecule has 2 aromatic rings. The van der Waals surface area contributed by atoms with Crippen LogP contribution in [0.4, 0.5) is 0 Å². The van der Waals surface area contributed by atoms with Crippen molar-refractivity contribution < 1.29 is 4.79 Å². The fourth-order valence-electron chi connectivity index (χ4n) is 2.13. The molecular formula is C16H19N3O. The van der Waals surface area contributed by atoms with E-state index < -0.39 is 0 Å². The maximum atomic E-state index is 12.4. The minimum absolute atomic E-state index is 0.0528. The van der Waals surface area contributed by atoms with Crippen LogP contribution in [0, 0.1) is 0 Å². The molecule has 0 aliphatic rings. The monoisotopic (exact) mass is 269 g/mol. The van der Waals surface area contributed by atoms with Crippen molar-refractivity contribution in [1.82, 2.24) is 10.3 Å². The molecule has 0 saturated heterocycles. The zero-order valence-corrected chi connectivity index (χ0v) is 11.5. The smallest absolute Gasteiger partial charge is 0.229 e. The highest BCUT2D eigenvalue weighted by atomic mass is 16.1. The van der Waals surface area contributed by atoms with Gasteiger partial charge in [0.15, 0.2) is 0 Å². The van der Waals surface area contributed by atoms with E-state index >= 15 is 0 Å². The predicted molar refractivity (Wildman–Crippen MR) is 79.0 cm³/mol. The first-order valence-electron chi connectivity index (χ1n) is 6.67. The third-order valence-electron chi connectivity index (χ3n) is 3.32. The molecule has 4 heteroatoms. The van der Waals surface area contributed by atoms with E-state index in [1.807, 2.05) is 49.4 Å². The van der Waals surface area contributed by atoms with Crippen LogP contribution in [0.25, 0.3) is 0 Å². The lowest BCUT2D eigenvalue weighted by Gasteiger charge is -2.19. The van der Waals surface area contributed by atoms with Gasteiger partial charge in [0.1, 0.15) is 0 Å². The number of pyridine rings is 1. The van der Waals surface area contributed by atoms with E-state index in [0.717, 1.165) is 11.1 Å². The fourth-order valence-corrected chi connectivity index (χ4v) is 2.13. The number of carbonyl (C=O) groups excluding carboxylic acids is 1. The number of carbonyl (C=O) groups is 1. The summed E-state index contributed by atoms with van der Waals surface area (Å²) in [6.07, 6.45) is 3.44. The van der Waals surface area contributed by atoms with Crippen LogP contribution in [-0.2, 0) is 4.79 Å². The Balaban J connectivity index is 2.07. The van der Waals surface area contributed by atoms with Gasteiger partial charge in [0.05, 0.1) is 12.0 Å². The molecule has 104 valence electrons. The molecule has 0 saturated carbocycles. The molecule has 1 aromatic carbocycles. The standard InChI is InChI=1S/C16H19N3O/c1-12(13-7-9-18-10-8-13)19-16(20)15(11-17)14-5-3-2-4-6-14/h2-10,12,15H,11,17H2,1H3,(H,19,20)/t12-,15?/m0/s1. The van der Waals surface area contributed by atoms with Gasteiger partial charge < -0.3 is 11.1 Å². The van der Waals surface area contributed by atoms with Crippen LogP contribution in [0.5, 0.6) is 0 Å². The molecule has 1 unspecified atom stereocenters. The van der Waals surface area contributed by atoms with Crippen LogP contribution in [0.2, 0.25) is 0 Å². The van der Waals surface area contributed by atoms with Gasteiger partial charge in [-0.05, 0) is 30.2 Å². The summed E-state index contributed by atoms with van der Waals surface area (Å²) in [5.41, 5.74) is 7.71. The van der Waals surface area contributed by atoms with E-state index in [2.05, 4.69) is 10.3 Å². The molecule has 0 aliphatic carbocycles. The van der Waals surface area contributed by atoms with Crippen LogP contribution in [0.3, 0.4) is 0 Å². The van der Waals surface area contributed by atoms with Gasteiger partial charge in [0, 0.05) is 18.9 Å². The van der Waals surface area contributed by atoms with Gasteiger partial charge in [-0.2, -0.15) is 0 Å². The highest BCUT2D eigenvalue weighted by molar-refractivity contribution is 5.84. The molecule has 4 nitrogen and oxygen atoms in total. The molecule has 1 aromatic heterocycles. The maximum absolute atomic E-state index is 12.4. The van der Waals surface area contributed by atoms with E-state index in [9.17, 15) is 4.79 Å². The quantitative estimate of drug-likeness (QED) is 0.872. The van der Waals surface area contributed by atoms with Crippen LogP contribution in [0.1, 0.15) is 30.0 Å². The number of aromatic nitrogens is 1. The van der Waals surface area contributed by atoms with Crippen molar-refractivity contribution in [1.29, 1.82) is 0 Å². The van der Waals surface area contributed by atoms with E-state index in [4.69, 9.17) is 5.73 Å². The molecule has 2 atom stereocenters. The van der Waals surface area contributed by atoms with E-state index in [1.54, 1.807) is 12.4 Å². The molecule has 0 radical (unpaired) electrons. The van der Waals surface area contributed by atoms with Gasteiger partial charge in [0.25, 0.3) is 0 Å². The maximum Gasteiger partial charge on any atom is 0.229 e. The molecule has 2 rings (SSSR count). The summed E-state index contributed by atoms with van der Waals surface area (Å²) in [6, 6.07) is 13.3. The van der Waals surface area contributed by atoms with Crippen LogP contribution >= 0.6 is 0 Å². The molecule has 1 heterocycles. The van der Waals surface area contributed by atoms with E-state index in [1.165, 1.54) is 0 Å². The predicted octanol–water partition coefficient (Wildman–Crippen LogP) is 2.00. The van der Waals surface area contributed by atoms with Crippen LogP contribution in [-0.4, -0.2) is 17.4 Å². The number of amides is 1. The Labute approximate surface area is 119 Å². The zero-order chi connectivity index (χ0) is 14.4. The summed E-state index contributed by atoms with van der Waals surface area (Å²) in [4.78, 5) is 16.3. The lowest BCUT2D eigenvalue weighted by atomic mass is 9.97. The molecule has 0 aliphatic heterocycles. The van der Waals surface area contributed by atoms with Crippen LogP contribution < -0.4 is 11.1 Å². The highest BCUT2D eigenvalue weighted by Crippen LogP contribution is 2.17. The molecule has 0 spiro atoms. The average molecular weight is 269 g/mol. The summed E-state index contributed by atoms with van der Waals surface area (Å²) < 4.78 is 0. The van der Waals surface area contributed by atoms with Crippen molar-refractivity contribution in [2.75, 3.05) is 6.54 Å². The van der Waals surface area contributed by atoms with Gasteiger partial charge in [-0.1, -0.05) is 30.3 Å². The summed E-state index contributed by atoms with van der Waals surface area (Å²) in [7, 11) is 0. The van der Waals surface area contributed by atoms with Crippen molar-refractivity contribution in [2.24, 2.45) is 5.73 Å². The number of hydrogen-bond donors (Lipinski definition) is 2. The lowest BCUT2D eigenvalue weighted by Crippen LogP contribution is -2.35. The first-order chi connectivity index (χ1) is 9.72. The van der Waals surface area contributed by atoms with Gasteiger partial charge in [-0.15, -0.1) is 0 Å². The van der Waals surface area contributed by atoms with E-state index in [-0.39, 0.29) is 17.9 Å². The Morgan fingerprint density at radius 2 is 1.80 bits per heavy atom. The fraction of sp³-hybridized carbons (Fsp3) is 0.250. The largest absolute Gasteiger partial charge is 0.349 e. The Hall–Kier alpha value is -2.20. The van der Waals surface area contributed by atoms with Crippen molar-refractivity contribution in [2.45, 2.75) is 18.9 Å². The van der Waals surface area contributed by atoms with Crippen molar-refractivity contribution in [3.63, 3.8) is 0 Å². The number of benzene rings is 1. The van der Waals surface area contributed by atoms with Crippen molar-refractivity contribution in [3.05, 3.63) is 66.0 Å². The molecular weight excluding hydrogens is 250 g/mol. The topological polar surface area (TPSA) is 68.0 Å². The van der Waals surface area contributed by atoms with Crippen molar-refractivity contribution in [3.8, 4) is 0 Å². The Bertz CT molecular complexity index is 542. The molecule has 0 fully saturated rings. The minimum Gasteiger partial charge on any atom is -0.349 e. The first-order valence-corrected chi connectivity index (χ1v) is 6.67. The second kappa shape index (κ2) is 6.82. The highest BCUT2D eigenvalue weighted by Gasteiger charge is 2.20. The summed E-state index contributed by atoms with van der Waals surface area (Å²) in [6.45, 7) is 2.24. The molecule has 3 N–H and O–H groups in total. The van der Waals surface area contributed by atoms with Gasteiger partial charge >= 0.3 is 0 Å². The Morgan fingerprint density at radius 3 is 2.40 bits per heavy atom. The molecule has 20 heavy (non-hydrogen) atoms. The number of nitrogens with one attached hydrogen (secondary N) is 1. The third kappa shape index (κ3) is 3.42.